The molecule has 0 N–H and O–H groups in total. The van der Waals surface area contributed by atoms with Crippen molar-refractivity contribution < 1.29 is 9.32 Å². The average molecular weight is 210 g/mol. The molecule has 0 aliphatic heterocycles. The van der Waals surface area contributed by atoms with Crippen molar-refractivity contribution in [1.29, 1.82) is 0 Å². The van der Waals surface area contributed by atoms with Gasteiger partial charge in [-0.25, -0.2) is 0 Å². The second-order valence-corrected chi connectivity index (χ2v) is 2.48. The van der Waals surface area contributed by atoms with E-state index in [1.165, 1.54) is 6.26 Å². The van der Waals surface area contributed by atoms with E-state index in [0.717, 1.165) is 0 Å². The minimum absolute atomic E-state index is 0.108. The summed E-state index contributed by atoms with van der Waals surface area (Å²) in [5.41, 5.74) is 0.108. The molecule has 0 unspecified atom stereocenters. The molecule has 1 heterocycles. The zero-order valence-electron chi connectivity index (χ0n) is 4.10. The van der Waals surface area contributed by atoms with Crippen LogP contribution in [0.4, 0.5) is 0 Å². The fourth-order valence-electron chi connectivity index (χ4n) is 0.355. The van der Waals surface area contributed by atoms with Gasteiger partial charge in [-0.15, -0.1) is 0 Å². The van der Waals surface area contributed by atoms with Gasteiger partial charge in [-0.05, 0) is 27.5 Å². The minimum Gasteiger partial charge on any atom is -0.363 e. The predicted octanol–water partition coefficient (Wildman–Crippen LogP) is 1.82. The van der Waals surface area contributed by atoms with E-state index in [4.69, 9.17) is 11.6 Å². The second kappa shape index (κ2) is 2.49. The lowest BCUT2D eigenvalue weighted by Crippen LogP contribution is -1.87. The first kappa shape index (κ1) is 6.77. The first-order valence-electron chi connectivity index (χ1n) is 2.01. The Morgan fingerprint density at radius 1 is 1.89 bits per heavy atom. The number of rotatable bonds is 1. The van der Waals surface area contributed by atoms with Gasteiger partial charge < -0.3 is 4.52 Å². The van der Waals surface area contributed by atoms with Crippen LogP contribution in [0.2, 0.25) is 0 Å². The molecule has 0 saturated heterocycles. The molecule has 48 valence electrons. The zero-order valence-corrected chi connectivity index (χ0v) is 6.44. The van der Waals surface area contributed by atoms with E-state index in [1.54, 1.807) is 0 Å². The molecule has 0 amide bonds. The Morgan fingerprint density at radius 2 is 2.56 bits per heavy atom. The molecule has 0 radical (unpaired) electrons. The summed E-state index contributed by atoms with van der Waals surface area (Å²) in [4.78, 5) is 10.3. The van der Waals surface area contributed by atoms with E-state index in [-0.39, 0.29) is 5.69 Å². The molecule has 9 heavy (non-hydrogen) atoms. The van der Waals surface area contributed by atoms with Gasteiger partial charge in [0, 0.05) is 0 Å². The van der Waals surface area contributed by atoms with E-state index >= 15 is 0 Å². The summed E-state index contributed by atoms with van der Waals surface area (Å²) < 4.78 is 4.88. The Balaban J connectivity index is 3.08. The molecule has 1 rings (SSSR count). The lowest BCUT2D eigenvalue weighted by atomic mass is 10.5. The molecule has 0 saturated carbocycles. The third-order valence-electron chi connectivity index (χ3n) is 0.713. The molecule has 0 bridgehead atoms. The van der Waals surface area contributed by atoms with Crippen LogP contribution in [0.15, 0.2) is 15.3 Å². The Bertz CT molecular complexity index is 234. The highest BCUT2D eigenvalue weighted by Crippen LogP contribution is 2.15. The monoisotopic (exact) mass is 209 g/mol. The molecule has 1 aromatic rings. The summed E-state index contributed by atoms with van der Waals surface area (Å²) in [6, 6.07) is 0. The summed E-state index contributed by atoms with van der Waals surface area (Å²) in [5, 5.41) is 2.68. The van der Waals surface area contributed by atoms with Crippen molar-refractivity contribution in [3.05, 3.63) is 16.4 Å². The summed E-state index contributed by atoms with van der Waals surface area (Å²) in [6.07, 6.45) is 1.29. The van der Waals surface area contributed by atoms with E-state index in [2.05, 4.69) is 25.6 Å². The Morgan fingerprint density at radius 3 is 2.78 bits per heavy atom. The zero-order chi connectivity index (χ0) is 6.85. The van der Waals surface area contributed by atoms with Gasteiger partial charge in [-0.3, -0.25) is 4.79 Å². The van der Waals surface area contributed by atoms with Crippen molar-refractivity contribution in [2.45, 2.75) is 0 Å². The van der Waals surface area contributed by atoms with Crippen molar-refractivity contribution in [2.75, 3.05) is 0 Å². The Hall–Kier alpha value is -0.350. The molecule has 0 atom stereocenters. The number of carbonyl (C=O) groups is 1. The number of aromatic nitrogens is 1. The van der Waals surface area contributed by atoms with Crippen molar-refractivity contribution in [2.24, 2.45) is 0 Å². The highest BCUT2D eigenvalue weighted by molar-refractivity contribution is 9.10. The average Bonchev–Trinajstić information content (AvgIpc) is 2.13. The molecule has 5 heteroatoms. The number of hydrogen-bond donors (Lipinski definition) is 0. The molecule has 0 aromatic carbocycles. The molecule has 0 aliphatic carbocycles. The van der Waals surface area contributed by atoms with Crippen LogP contribution in [0.25, 0.3) is 0 Å². The van der Waals surface area contributed by atoms with Crippen LogP contribution in [0.3, 0.4) is 0 Å². The highest BCUT2D eigenvalue weighted by atomic mass is 79.9. The fourth-order valence-corrected chi connectivity index (χ4v) is 0.941. The number of carbonyl (C=O) groups excluding carboxylic acids is 1. The van der Waals surface area contributed by atoms with E-state index in [0.29, 0.717) is 4.47 Å². The smallest absolute Gasteiger partial charge is 0.275 e. The van der Waals surface area contributed by atoms with Crippen LogP contribution in [-0.4, -0.2) is 10.4 Å². The third kappa shape index (κ3) is 1.31. The van der Waals surface area contributed by atoms with Crippen molar-refractivity contribution in [1.82, 2.24) is 5.16 Å². The van der Waals surface area contributed by atoms with E-state index in [9.17, 15) is 4.79 Å². The van der Waals surface area contributed by atoms with Crippen molar-refractivity contribution in [3.63, 3.8) is 0 Å². The Labute approximate surface area is 64.1 Å². The molecule has 0 aliphatic rings. The van der Waals surface area contributed by atoms with Crippen LogP contribution in [0.1, 0.15) is 10.5 Å². The van der Waals surface area contributed by atoms with Crippen molar-refractivity contribution >= 4 is 32.8 Å². The van der Waals surface area contributed by atoms with E-state index in [1.807, 2.05) is 0 Å². The quantitative estimate of drug-likeness (QED) is 0.664. The largest absolute Gasteiger partial charge is 0.363 e. The van der Waals surface area contributed by atoms with Gasteiger partial charge in [0.2, 0.25) is 0 Å². The standard InChI is InChI=1S/C4HBrClNO2/c5-2-1-9-7-3(2)4(6)8/h1H. The molecule has 1 aromatic heterocycles. The summed E-state index contributed by atoms with van der Waals surface area (Å²) in [7, 11) is 0. The predicted molar refractivity (Wildman–Crippen MR) is 34.4 cm³/mol. The molecule has 0 spiro atoms. The van der Waals surface area contributed by atoms with Gasteiger partial charge in [-0.1, -0.05) is 5.16 Å². The number of nitrogens with zero attached hydrogens (tertiary/aromatic N) is 1. The van der Waals surface area contributed by atoms with Gasteiger partial charge in [-0.2, -0.15) is 0 Å². The Kier molecular flexibility index (Phi) is 1.87. The number of hydrogen-bond acceptors (Lipinski definition) is 3. The third-order valence-corrected chi connectivity index (χ3v) is 1.45. The summed E-state index contributed by atoms with van der Waals surface area (Å²) in [6.45, 7) is 0. The second-order valence-electron chi connectivity index (χ2n) is 1.28. The van der Waals surface area contributed by atoms with Crippen LogP contribution >= 0.6 is 27.5 Å². The van der Waals surface area contributed by atoms with Gasteiger partial charge in [0.1, 0.15) is 6.26 Å². The lowest BCUT2D eigenvalue weighted by Gasteiger charge is -1.78. The van der Waals surface area contributed by atoms with Gasteiger partial charge >= 0.3 is 0 Å². The molecule has 3 nitrogen and oxygen atoms in total. The van der Waals surface area contributed by atoms with Crippen LogP contribution in [0.5, 0.6) is 0 Å². The normalized spacial score (nSPS) is 9.56. The SMILES string of the molecule is O=C(Cl)c1nocc1Br. The lowest BCUT2D eigenvalue weighted by molar-refractivity contribution is 0.107. The van der Waals surface area contributed by atoms with Gasteiger partial charge in [0.25, 0.3) is 5.24 Å². The minimum atomic E-state index is -0.629. The van der Waals surface area contributed by atoms with Crippen molar-refractivity contribution in [3.8, 4) is 0 Å². The van der Waals surface area contributed by atoms with Gasteiger partial charge in [0.15, 0.2) is 5.69 Å². The maximum atomic E-state index is 10.3. The fraction of sp³-hybridized carbons (Fsp3) is 0. The highest BCUT2D eigenvalue weighted by Gasteiger charge is 2.10. The molecular formula is C4HBrClNO2. The topological polar surface area (TPSA) is 43.1 Å². The first-order chi connectivity index (χ1) is 4.22. The maximum Gasteiger partial charge on any atom is 0.275 e. The first-order valence-corrected chi connectivity index (χ1v) is 3.18. The van der Waals surface area contributed by atoms with Gasteiger partial charge in [0.05, 0.1) is 4.47 Å². The molecule has 0 fully saturated rings. The molecular weight excluding hydrogens is 209 g/mol. The van der Waals surface area contributed by atoms with Crippen LogP contribution in [0, 0.1) is 0 Å². The summed E-state index contributed by atoms with van der Waals surface area (Å²) >= 11 is 8.06. The number of halogens is 2. The van der Waals surface area contributed by atoms with Crippen LogP contribution in [-0.2, 0) is 0 Å². The van der Waals surface area contributed by atoms with Crippen LogP contribution < -0.4 is 0 Å². The van der Waals surface area contributed by atoms with E-state index < -0.39 is 5.24 Å². The summed E-state index contributed by atoms with van der Waals surface area (Å²) in [5.74, 6) is 0. The maximum absolute atomic E-state index is 10.3.